The van der Waals surface area contributed by atoms with Gasteiger partial charge in [-0.3, -0.25) is 15.0 Å². The van der Waals surface area contributed by atoms with Crippen molar-refractivity contribution in [1.82, 2.24) is 9.88 Å². The maximum atomic E-state index is 12.9. The van der Waals surface area contributed by atoms with Crippen LogP contribution in [0.3, 0.4) is 0 Å². The zero-order valence-electron chi connectivity index (χ0n) is 23.3. The number of carbonyl (C=O) groups is 1. The molecular weight excluding hydrogens is 522 g/mol. The first-order chi connectivity index (χ1) is 19.0. The van der Waals surface area contributed by atoms with Gasteiger partial charge in [-0.05, 0) is 60.9 Å². The Hall–Kier alpha value is -3.82. The number of amides is 1. The first-order valence-corrected chi connectivity index (χ1v) is 12.3. The second-order valence-electron chi connectivity index (χ2n) is 8.96. The number of hydrogen-bond acceptors (Lipinski definition) is 5. The van der Waals surface area contributed by atoms with Crippen LogP contribution in [-0.4, -0.2) is 28.9 Å². The number of rotatable bonds is 6. The van der Waals surface area contributed by atoms with Crippen molar-refractivity contribution in [1.29, 1.82) is 5.26 Å². The molecule has 0 radical (unpaired) electrons. The first kappa shape index (κ1) is 33.4. The van der Waals surface area contributed by atoms with Crippen molar-refractivity contribution in [2.75, 3.05) is 24.1 Å². The van der Waals surface area contributed by atoms with Crippen molar-refractivity contribution in [3.05, 3.63) is 114 Å². The number of nitrogen functional groups attached to an aromatic ring is 1. The summed E-state index contributed by atoms with van der Waals surface area (Å²) in [5.41, 5.74) is 11.0. The molecule has 0 bridgehead atoms. The normalized spacial score (nSPS) is 10.8. The van der Waals surface area contributed by atoms with E-state index in [9.17, 15) is 18.0 Å². The molecule has 0 unspecified atom stereocenters. The number of carbonyl (C=O) groups excluding carboxylic acids is 1. The number of nitriles is 1. The first-order valence-electron chi connectivity index (χ1n) is 12.3. The molecule has 1 aromatic heterocycles. The Morgan fingerprint density at radius 3 is 2.44 bits per heavy atom. The predicted molar refractivity (Wildman–Crippen MR) is 151 cm³/mol. The average molecular weight is 552 g/mol. The minimum atomic E-state index is -4.39. The number of benzene rings is 3. The molecule has 3 aromatic carbocycles. The molecule has 0 saturated carbocycles. The van der Waals surface area contributed by atoms with Crippen molar-refractivity contribution in [3.63, 3.8) is 0 Å². The van der Waals surface area contributed by atoms with Gasteiger partial charge in [-0.25, -0.2) is 0 Å². The van der Waals surface area contributed by atoms with Gasteiger partial charge < -0.3 is 29.8 Å². The molecule has 0 aliphatic rings. The molecule has 4 aromatic rings. The van der Waals surface area contributed by atoms with Gasteiger partial charge in [0.1, 0.15) is 0 Å². The van der Waals surface area contributed by atoms with Gasteiger partial charge in [-0.15, -0.1) is 37.4 Å². The fourth-order valence-corrected chi connectivity index (χ4v) is 3.88. The molecule has 1 amide bonds. The Balaban J connectivity index is 0.000000381. The Bertz CT molecular complexity index is 1550. The Kier molecular flexibility index (Phi) is 12.0. The van der Waals surface area contributed by atoms with E-state index in [2.05, 4.69) is 35.1 Å². The van der Waals surface area contributed by atoms with Gasteiger partial charge in [0, 0.05) is 34.6 Å². The van der Waals surface area contributed by atoms with E-state index in [4.69, 9.17) is 11.0 Å². The van der Waals surface area contributed by atoms with Crippen LogP contribution in [0.25, 0.3) is 10.9 Å². The summed E-state index contributed by atoms with van der Waals surface area (Å²) in [5, 5.41) is 12.1. The Morgan fingerprint density at radius 1 is 1.12 bits per heavy atom. The minimum Gasteiger partial charge on any atom is -0.398 e. The van der Waals surface area contributed by atoms with Gasteiger partial charge >= 0.3 is 25.0 Å². The van der Waals surface area contributed by atoms with Gasteiger partial charge in [0.05, 0.1) is 5.52 Å². The molecule has 6 nitrogen and oxygen atoms in total. The maximum Gasteiger partial charge on any atom is 1.00 e. The molecule has 3 N–H and O–H groups in total. The zero-order chi connectivity index (χ0) is 29.4. The number of aryl methyl sites for hydroxylation is 1. The quantitative estimate of drug-likeness (QED) is 0.283. The molecular formula is C31H29F3LiN5O-2. The third kappa shape index (κ3) is 8.58. The second kappa shape index (κ2) is 14.7. The van der Waals surface area contributed by atoms with Crippen LogP contribution >= 0.6 is 0 Å². The fraction of sp³-hybridized carbons (Fsp3) is 0.194. The zero-order valence-corrected chi connectivity index (χ0v) is 23.3. The van der Waals surface area contributed by atoms with Gasteiger partial charge in [0.15, 0.2) is 0 Å². The number of nitrogens with zero attached hydrogens (tertiary/aromatic N) is 3. The van der Waals surface area contributed by atoms with E-state index in [1.807, 2.05) is 56.3 Å². The molecule has 10 heteroatoms. The van der Waals surface area contributed by atoms with Crippen LogP contribution in [0, 0.1) is 45.1 Å². The maximum absolute atomic E-state index is 12.9. The van der Waals surface area contributed by atoms with Gasteiger partial charge in [-0.1, -0.05) is 23.8 Å². The van der Waals surface area contributed by atoms with E-state index in [-0.39, 0.29) is 30.3 Å². The molecule has 0 aliphatic heterocycles. The van der Waals surface area contributed by atoms with Crippen molar-refractivity contribution >= 4 is 28.2 Å². The molecule has 208 valence electrons. The SMILES string of the molecule is N#Cc1[c-]ccc(C(F)(F)F)c1.[CH2-]CN(C[CH2-])Cc1ccccc1C(=O)Nc1ccc2nc(C)c(C)c(N)c2c1.[Li+]. The van der Waals surface area contributed by atoms with E-state index < -0.39 is 11.7 Å². The summed E-state index contributed by atoms with van der Waals surface area (Å²) in [6.45, 7) is 13.6. The predicted octanol–water partition coefficient (Wildman–Crippen LogP) is 3.54. The van der Waals surface area contributed by atoms with Gasteiger partial charge in [-0.2, -0.15) is 13.2 Å². The van der Waals surface area contributed by atoms with Crippen molar-refractivity contribution in [2.24, 2.45) is 0 Å². The smallest absolute Gasteiger partial charge is 0.398 e. The van der Waals surface area contributed by atoms with Crippen molar-refractivity contribution in [2.45, 2.75) is 26.6 Å². The number of anilines is 2. The number of hydrogen-bond donors (Lipinski definition) is 2. The molecule has 0 saturated heterocycles. The summed E-state index contributed by atoms with van der Waals surface area (Å²) in [4.78, 5) is 19.6. The molecule has 1 heterocycles. The largest absolute Gasteiger partial charge is 1.00 e. The van der Waals surface area contributed by atoms with Crippen LogP contribution in [0.4, 0.5) is 24.5 Å². The van der Waals surface area contributed by atoms with Crippen LogP contribution in [0.5, 0.6) is 0 Å². The van der Waals surface area contributed by atoms with Crippen LogP contribution < -0.4 is 29.9 Å². The van der Waals surface area contributed by atoms with E-state index in [0.29, 0.717) is 36.6 Å². The topological polar surface area (TPSA) is 95.0 Å². The number of nitrogens with two attached hydrogens (primary N) is 1. The van der Waals surface area contributed by atoms with Crippen molar-refractivity contribution in [3.8, 4) is 6.07 Å². The summed E-state index contributed by atoms with van der Waals surface area (Å²) in [5.74, 6) is -0.154. The molecule has 0 spiro atoms. The molecule has 0 atom stereocenters. The van der Waals surface area contributed by atoms with E-state index in [0.717, 1.165) is 45.9 Å². The van der Waals surface area contributed by atoms with Crippen molar-refractivity contribution < 1.29 is 36.8 Å². The standard InChI is InChI=1S/C23H26N4O.C8H3F3N.Li/c1-5-27(6-2)14-17-9-7-8-10-19(17)23(28)26-18-11-12-21-20(13-18)22(24)15(3)16(4)25-21;9-8(10,11)7-3-1-2-6(4-7)5-12;/h7-13H,1-2,5-6,14H2,3-4H3,(H2,24,25)(H,26,28);1,3-4H;/q-2;-1;+1. The summed E-state index contributed by atoms with van der Waals surface area (Å²) in [6.07, 6.45) is -4.39. The van der Waals surface area contributed by atoms with Crippen LogP contribution in [0.2, 0.25) is 0 Å². The van der Waals surface area contributed by atoms with Crippen LogP contribution in [-0.2, 0) is 12.7 Å². The van der Waals surface area contributed by atoms with Crippen LogP contribution in [0.15, 0.2) is 60.7 Å². The van der Waals surface area contributed by atoms with Crippen LogP contribution in [0.1, 0.15) is 38.3 Å². The third-order valence-electron chi connectivity index (χ3n) is 6.32. The van der Waals surface area contributed by atoms with Gasteiger partial charge in [0.25, 0.3) is 5.91 Å². The molecule has 4 rings (SSSR count). The fourth-order valence-electron chi connectivity index (χ4n) is 3.88. The number of nitrogens with one attached hydrogen (secondary N) is 1. The number of pyridine rings is 1. The third-order valence-corrected chi connectivity index (χ3v) is 6.32. The molecule has 0 aliphatic carbocycles. The van der Waals surface area contributed by atoms with Gasteiger partial charge in [0.2, 0.25) is 0 Å². The number of halogens is 3. The average Bonchev–Trinajstić information content (AvgIpc) is 2.95. The molecule has 41 heavy (non-hydrogen) atoms. The number of fused-ring (bicyclic) bond motifs is 1. The summed E-state index contributed by atoms with van der Waals surface area (Å²) in [7, 11) is 0. The summed E-state index contributed by atoms with van der Waals surface area (Å²) < 4.78 is 35.9. The number of alkyl halides is 3. The number of aromatic nitrogens is 1. The summed E-state index contributed by atoms with van der Waals surface area (Å²) >= 11 is 0. The second-order valence-corrected chi connectivity index (χ2v) is 8.96. The van der Waals surface area contributed by atoms with E-state index in [1.165, 1.54) is 0 Å². The Morgan fingerprint density at radius 2 is 1.80 bits per heavy atom. The van der Waals surface area contributed by atoms with E-state index in [1.54, 1.807) is 6.07 Å². The minimum absolute atomic E-state index is 0. The Labute approximate surface area is 250 Å². The summed E-state index contributed by atoms with van der Waals surface area (Å²) in [6, 6.07) is 19.9. The van der Waals surface area contributed by atoms with E-state index >= 15 is 0 Å². The molecule has 0 fully saturated rings. The monoisotopic (exact) mass is 551 g/mol.